The molecular weight excluding hydrogens is 669 g/mol. The molecule has 2 unspecified atom stereocenters. The normalized spacial score (nSPS) is 23.1. The first-order valence-corrected chi connectivity index (χ1v) is 19.2. The zero-order valence-electron chi connectivity index (χ0n) is 31.0. The Labute approximate surface area is 307 Å². The van der Waals surface area contributed by atoms with E-state index in [0.717, 1.165) is 86.2 Å². The van der Waals surface area contributed by atoms with Gasteiger partial charge in [-0.25, -0.2) is 9.78 Å². The number of hydrogen-bond donors (Lipinski definition) is 0. The van der Waals surface area contributed by atoms with E-state index in [1.165, 1.54) is 0 Å². The van der Waals surface area contributed by atoms with Crippen molar-refractivity contribution >= 4 is 11.9 Å². The molecule has 10 heteroatoms. The molecule has 284 valence electrons. The molecule has 2 atom stereocenters. The van der Waals surface area contributed by atoms with Gasteiger partial charge in [0.25, 0.3) is 0 Å². The van der Waals surface area contributed by atoms with E-state index in [-0.39, 0.29) is 36.2 Å². The van der Waals surface area contributed by atoms with Gasteiger partial charge in [0.2, 0.25) is 0 Å². The lowest BCUT2D eigenvalue weighted by Crippen LogP contribution is -2.34. The summed E-state index contributed by atoms with van der Waals surface area (Å²) in [6.45, 7) is 8.47. The summed E-state index contributed by atoms with van der Waals surface area (Å²) in [4.78, 5) is 31.6. The summed E-state index contributed by atoms with van der Waals surface area (Å²) >= 11 is 0. The molecule has 1 saturated carbocycles. The second-order valence-electron chi connectivity index (χ2n) is 14.7. The highest BCUT2D eigenvalue weighted by molar-refractivity contribution is 5.87. The lowest BCUT2D eigenvalue weighted by molar-refractivity contribution is -0.185. The average Bonchev–Trinajstić information content (AvgIpc) is 3.14. The predicted molar refractivity (Wildman–Crippen MR) is 195 cm³/mol. The van der Waals surface area contributed by atoms with E-state index >= 15 is 0 Å². The van der Waals surface area contributed by atoms with Crippen LogP contribution in [0.3, 0.4) is 0 Å². The molecule has 1 heterocycles. The van der Waals surface area contributed by atoms with Gasteiger partial charge in [-0.05, 0) is 131 Å². The summed E-state index contributed by atoms with van der Waals surface area (Å²) in [5.74, 6) is -0.645. The van der Waals surface area contributed by atoms with E-state index in [1.807, 2.05) is 31.2 Å². The van der Waals surface area contributed by atoms with Crippen LogP contribution in [0.5, 0.6) is 5.75 Å². The second kappa shape index (κ2) is 18.4. The van der Waals surface area contributed by atoms with Crippen LogP contribution in [0.15, 0.2) is 60.2 Å². The number of fused-ring (bicyclic) bond motifs is 1. The SMILES string of the molecule is CCOC(=O)CCCCN(CCc1ccccc1OCC1=CCC(C)(C2CCC(C(F)(F)F)CC2)C=C1)C1CCCc2nc(C(=O)OCC)ccc21. The number of carbonyl (C=O) groups is 2. The highest BCUT2D eigenvalue weighted by atomic mass is 19.4. The molecule has 3 aliphatic carbocycles. The molecular formula is C42H55F3N2O5. The minimum atomic E-state index is -4.09. The van der Waals surface area contributed by atoms with Gasteiger partial charge in [-0.1, -0.05) is 49.4 Å². The lowest BCUT2D eigenvalue weighted by atomic mass is 9.65. The summed E-state index contributed by atoms with van der Waals surface area (Å²) in [7, 11) is 0. The molecule has 1 aromatic carbocycles. The topological polar surface area (TPSA) is 78.0 Å². The molecule has 7 nitrogen and oxygen atoms in total. The average molecular weight is 725 g/mol. The molecule has 5 rings (SSSR count). The summed E-state index contributed by atoms with van der Waals surface area (Å²) in [5.41, 5.74) is 4.48. The van der Waals surface area contributed by atoms with E-state index in [2.05, 4.69) is 36.1 Å². The van der Waals surface area contributed by atoms with Crippen molar-refractivity contribution < 1.29 is 37.0 Å². The van der Waals surface area contributed by atoms with Crippen LogP contribution in [0.1, 0.15) is 118 Å². The number of para-hydroxylation sites is 1. The fourth-order valence-electron chi connectivity index (χ4n) is 8.12. The first-order valence-electron chi connectivity index (χ1n) is 19.2. The summed E-state index contributed by atoms with van der Waals surface area (Å²) in [6.07, 6.45) is 10.4. The monoisotopic (exact) mass is 724 g/mol. The predicted octanol–water partition coefficient (Wildman–Crippen LogP) is 9.55. The molecule has 0 aliphatic heterocycles. The van der Waals surface area contributed by atoms with Crippen molar-refractivity contribution in [2.75, 3.05) is 32.9 Å². The van der Waals surface area contributed by atoms with E-state index in [1.54, 1.807) is 13.0 Å². The Morgan fingerprint density at radius 2 is 1.73 bits per heavy atom. The maximum absolute atomic E-state index is 13.2. The van der Waals surface area contributed by atoms with Crippen molar-refractivity contribution in [1.29, 1.82) is 0 Å². The lowest BCUT2D eigenvalue weighted by Gasteiger charge is -2.41. The van der Waals surface area contributed by atoms with Crippen LogP contribution in [-0.2, 0) is 27.1 Å². The van der Waals surface area contributed by atoms with Crippen molar-refractivity contribution in [2.24, 2.45) is 17.3 Å². The van der Waals surface area contributed by atoms with Gasteiger partial charge in [-0.15, -0.1) is 0 Å². The maximum atomic E-state index is 13.2. The number of halogens is 3. The number of alkyl halides is 3. The number of esters is 2. The summed E-state index contributed by atoms with van der Waals surface area (Å²) in [5, 5.41) is 0. The molecule has 1 aromatic heterocycles. The fourth-order valence-corrected chi connectivity index (χ4v) is 8.12. The van der Waals surface area contributed by atoms with E-state index in [0.29, 0.717) is 44.8 Å². The number of carbonyl (C=O) groups excluding carboxylic acids is 2. The zero-order valence-corrected chi connectivity index (χ0v) is 31.0. The summed E-state index contributed by atoms with van der Waals surface area (Å²) in [6, 6.07) is 12.1. The largest absolute Gasteiger partial charge is 0.489 e. The van der Waals surface area contributed by atoms with Crippen LogP contribution in [-0.4, -0.2) is 60.9 Å². The van der Waals surface area contributed by atoms with Crippen LogP contribution >= 0.6 is 0 Å². The van der Waals surface area contributed by atoms with Gasteiger partial charge in [0.1, 0.15) is 18.1 Å². The highest BCUT2D eigenvalue weighted by Gasteiger charge is 2.44. The van der Waals surface area contributed by atoms with Crippen molar-refractivity contribution in [3.63, 3.8) is 0 Å². The molecule has 3 aliphatic rings. The van der Waals surface area contributed by atoms with Gasteiger partial charge in [0, 0.05) is 24.7 Å². The number of nitrogens with zero attached hydrogens (tertiary/aromatic N) is 2. The van der Waals surface area contributed by atoms with E-state index in [4.69, 9.17) is 19.2 Å². The van der Waals surface area contributed by atoms with Crippen LogP contribution in [0, 0.1) is 17.3 Å². The third-order valence-electron chi connectivity index (χ3n) is 11.2. The number of aromatic nitrogens is 1. The van der Waals surface area contributed by atoms with Crippen molar-refractivity contribution in [2.45, 2.75) is 110 Å². The quantitative estimate of drug-likeness (QED) is 0.126. The number of ether oxygens (including phenoxy) is 3. The number of unbranched alkanes of at least 4 members (excludes halogenated alkanes) is 1. The highest BCUT2D eigenvalue weighted by Crippen LogP contribution is 2.48. The number of aryl methyl sites for hydroxylation is 1. The smallest absolute Gasteiger partial charge is 0.391 e. The minimum Gasteiger partial charge on any atom is -0.489 e. The van der Waals surface area contributed by atoms with Crippen molar-refractivity contribution in [3.8, 4) is 5.75 Å². The van der Waals surface area contributed by atoms with Crippen molar-refractivity contribution in [1.82, 2.24) is 9.88 Å². The molecule has 0 amide bonds. The Morgan fingerprint density at radius 3 is 2.44 bits per heavy atom. The van der Waals surface area contributed by atoms with Crippen LogP contribution in [0.25, 0.3) is 0 Å². The van der Waals surface area contributed by atoms with E-state index in [9.17, 15) is 22.8 Å². The molecule has 0 radical (unpaired) electrons. The van der Waals surface area contributed by atoms with E-state index < -0.39 is 18.1 Å². The second-order valence-corrected chi connectivity index (χ2v) is 14.7. The maximum Gasteiger partial charge on any atom is 0.391 e. The number of benzene rings is 1. The fraction of sp³-hybridized carbons (Fsp3) is 0.595. The minimum absolute atomic E-state index is 0.134. The Bertz CT molecular complexity index is 1560. The molecule has 52 heavy (non-hydrogen) atoms. The first-order chi connectivity index (χ1) is 25.0. The zero-order chi connectivity index (χ0) is 37.1. The number of rotatable bonds is 16. The van der Waals surface area contributed by atoms with Crippen LogP contribution in [0.2, 0.25) is 0 Å². The number of allylic oxidation sites excluding steroid dienone is 2. The van der Waals surface area contributed by atoms with Crippen LogP contribution < -0.4 is 4.74 Å². The Kier molecular flexibility index (Phi) is 14.0. The molecule has 0 saturated heterocycles. The van der Waals surface area contributed by atoms with Gasteiger partial charge in [-0.2, -0.15) is 13.2 Å². The Hall–Kier alpha value is -3.66. The van der Waals surface area contributed by atoms with Gasteiger partial charge < -0.3 is 14.2 Å². The Balaban J connectivity index is 1.22. The molecule has 0 N–H and O–H groups in total. The summed E-state index contributed by atoms with van der Waals surface area (Å²) < 4.78 is 56.4. The first kappa shape index (κ1) is 39.5. The number of hydrogen-bond acceptors (Lipinski definition) is 7. The van der Waals surface area contributed by atoms with Crippen molar-refractivity contribution in [3.05, 3.63) is 82.7 Å². The molecule has 1 fully saturated rings. The van der Waals surface area contributed by atoms with Gasteiger partial charge in [-0.3, -0.25) is 9.69 Å². The number of pyridine rings is 1. The standard InChI is InChI=1S/C42H55F3N2O5/c1-4-50-39(48)15-8-9-27-47(37-13-10-12-35-34(37)20-21-36(46-35)40(49)51-5-2)28-24-31-11-6-7-14-38(31)52-29-30-22-25-41(3,26-23-30)32-16-18-33(19-17-32)42(43,44)45/h6-7,11,14,20-23,25,32-33,37H,4-5,8-10,12-13,15-19,24,26-29H2,1-3H3. The molecule has 0 bridgehead atoms. The van der Waals surface area contributed by atoms with Gasteiger partial charge >= 0.3 is 18.1 Å². The third-order valence-corrected chi connectivity index (χ3v) is 11.2. The Morgan fingerprint density at radius 1 is 0.962 bits per heavy atom. The van der Waals surface area contributed by atoms with Gasteiger partial charge in [0.15, 0.2) is 0 Å². The van der Waals surface area contributed by atoms with Crippen LogP contribution in [0.4, 0.5) is 13.2 Å². The molecule has 2 aromatic rings. The van der Waals surface area contributed by atoms with Gasteiger partial charge in [0.05, 0.1) is 19.1 Å². The third kappa shape index (κ3) is 10.5. The molecule has 0 spiro atoms.